The molecule has 3 nitrogen and oxygen atoms in total. The zero-order chi connectivity index (χ0) is 12.3. The van der Waals surface area contributed by atoms with Gasteiger partial charge in [0.15, 0.2) is 5.96 Å². The molecule has 2 rings (SSSR count). The lowest BCUT2D eigenvalue weighted by molar-refractivity contribution is 0.458. The van der Waals surface area contributed by atoms with Gasteiger partial charge in [-0.3, -0.25) is 0 Å². The van der Waals surface area contributed by atoms with Crippen LogP contribution in [0.3, 0.4) is 0 Å². The summed E-state index contributed by atoms with van der Waals surface area (Å²) in [6, 6.07) is 5.30. The Morgan fingerprint density at radius 2 is 1.78 bits per heavy atom. The molecule has 1 saturated heterocycles. The zero-order valence-corrected chi connectivity index (χ0v) is 14.3. The molecule has 18 heavy (non-hydrogen) atoms. The fraction of sp³-hybridized carbons (Fsp3) is 0.364. The smallest absolute Gasteiger partial charge is 0.196 e. The molecular formula is C11H14Cl2IN3S. The van der Waals surface area contributed by atoms with E-state index in [0.717, 1.165) is 24.6 Å². The first-order chi connectivity index (χ1) is 8.18. The highest BCUT2D eigenvalue weighted by molar-refractivity contribution is 14.0. The van der Waals surface area contributed by atoms with E-state index < -0.39 is 0 Å². The van der Waals surface area contributed by atoms with E-state index in [1.54, 1.807) is 18.2 Å². The van der Waals surface area contributed by atoms with Crippen molar-refractivity contribution in [2.24, 2.45) is 10.7 Å². The van der Waals surface area contributed by atoms with Crippen molar-refractivity contribution in [3.8, 4) is 0 Å². The van der Waals surface area contributed by atoms with Gasteiger partial charge in [-0.25, -0.2) is 4.99 Å². The number of halogens is 3. The molecule has 0 aromatic heterocycles. The average Bonchev–Trinajstić information content (AvgIpc) is 2.35. The Morgan fingerprint density at radius 3 is 2.33 bits per heavy atom. The predicted octanol–water partition coefficient (Wildman–Crippen LogP) is 3.61. The van der Waals surface area contributed by atoms with Gasteiger partial charge in [0.2, 0.25) is 0 Å². The number of guanidine groups is 1. The summed E-state index contributed by atoms with van der Waals surface area (Å²) in [6.07, 6.45) is 0. The van der Waals surface area contributed by atoms with Crippen molar-refractivity contribution in [3.63, 3.8) is 0 Å². The predicted molar refractivity (Wildman–Crippen MR) is 92.1 cm³/mol. The second-order valence-corrected chi connectivity index (χ2v) is 5.68. The molecule has 0 saturated carbocycles. The van der Waals surface area contributed by atoms with E-state index in [4.69, 9.17) is 28.9 Å². The zero-order valence-electron chi connectivity index (χ0n) is 9.60. The number of hydrogen-bond donors (Lipinski definition) is 1. The van der Waals surface area contributed by atoms with Crippen molar-refractivity contribution < 1.29 is 0 Å². The average molecular weight is 418 g/mol. The van der Waals surface area contributed by atoms with Crippen LogP contribution in [0.5, 0.6) is 0 Å². The van der Waals surface area contributed by atoms with Crippen molar-refractivity contribution in [1.82, 2.24) is 4.90 Å². The molecule has 1 aromatic carbocycles. The molecule has 1 aliphatic rings. The lowest BCUT2D eigenvalue weighted by Gasteiger charge is -2.27. The molecule has 0 spiro atoms. The second-order valence-electron chi connectivity index (χ2n) is 3.64. The molecule has 1 aromatic rings. The number of nitrogens with zero attached hydrogens (tertiary/aromatic N) is 2. The minimum absolute atomic E-state index is 0. The van der Waals surface area contributed by atoms with Crippen LogP contribution in [-0.2, 0) is 0 Å². The molecule has 0 amide bonds. The molecule has 0 bridgehead atoms. The van der Waals surface area contributed by atoms with E-state index in [9.17, 15) is 0 Å². The number of rotatable bonds is 1. The van der Waals surface area contributed by atoms with Crippen LogP contribution in [-0.4, -0.2) is 35.5 Å². The van der Waals surface area contributed by atoms with Crippen molar-refractivity contribution in [2.45, 2.75) is 0 Å². The molecule has 0 unspecified atom stereocenters. The quantitative estimate of drug-likeness (QED) is 0.431. The van der Waals surface area contributed by atoms with E-state index in [1.807, 2.05) is 11.8 Å². The molecular weight excluding hydrogens is 404 g/mol. The second kappa shape index (κ2) is 7.67. The third kappa shape index (κ3) is 4.08. The van der Waals surface area contributed by atoms with Gasteiger partial charge >= 0.3 is 0 Å². The molecule has 0 radical (unpaired) electrons. The van der Waals surface area contributed by atoms with Gasteiger partial charge in [-0.2, -0.15) is 11.8 Å². The van der Waals surface area contributed by atoms with E-state index in [-0.39, 0.29) is 24.0 Å². The third-order valence-corrected chi connectivity index (χ3v) is 4.05. The highest BCUT2D eigenvalue weighted by Gasteiger charge is 2.13. The molecule has 0 atom stereocenters. The SMILES string of the molecule is I.NC(=Nc1c(Cl)cccc1Cl)N1CCSCC1. The Balaban J connectivity index is 0.00000162. The Morgan fingerprint density at radius 1 is 1.22 bits per heavy atom. The van der Waals surface area contributed by atoms with Gasteiger partial charge < -0.3 is 10.6 Å². The standard InChI is InChI=1S/C11H13Cl2N3S.HI/c12-8-2-1-3-9(13)10(8)15-11(14)16-4-6-17-7-5-16;/h1-3H,4-7H2,(H2,14,15);1H. The number of aliphatic imine (C=N–C) groups is 1. The Bertz CT molecular complexity index is 416. The van der Waals surface area contributed by atoms with Gasteiger partial charge in [-0.15, -0.1) is 24.0 Å². The summed E-state index contributed by atoms with van der Waals surface area (Å²) in [6.45, 7) is 1.84. The van der Waals surface area contributed by atoms with Crippen LogP contribution in [0.2, 0.25) is 10.0 Å². The normalized spacial score (nSPS) is 16.3. The topological polar surface area (TPSA) is 41.6 Å². The maximum Gasteiger partial charge on any atom is 0.196 e. The van der Waals surface area contributed by atoms with Crippen LogP contribution < -0.4 is 5.73 Å². The summed E-state index contributed by atoms with van der Waals surface area (Å²) in [7, 11) is 0. The largest absolute Gasteiger partial charge is 0.369 e. The maximum absolute atomic E-state index is 6.04. The number of hydrogen-bond acceptors (Lipinski definition) is 2. The number of nitrogens with two attached hydrogens (primary N) is 1. The fourth-order valence-electron chi connectivity index (χ4n) is 1.57. The van der Waals surface area contributed by atoms with Crippen LogP contribution in [0.4, 0.5) is 5.69 Å². The minimum atomic E-state index is 0. The highest BCUT2D eigenvalue weighted by atomic mass is 127. The summed E-state index contributed by atoms with van der Waals surface area (Å²) in [5.74, 6) is 2.64. The molecule has 1 aliphatic heterocycles. The third-order valence-electron chi connectivity index (χ3n) is 2.50. The van der Waals surface area contributed by atoms with Gasteiger partial charge in [0.1, 0.15) is 5.69 Å². The molecule has 7 heteroatoms. The van der Waals surface area contributed by atoms with Gasteiger partial charge in [-0.05, 0) is 12.1 Å². The highest BCUT2D eigenvalue weighted by Crippen LogP contribution is 2.32. The van der Waals surface area contributed by atoms with Crippen LogP contribution >= 0.6 is 58.9 Å². The van der Waals surface area contributed by atoms with Crippen LogP contribution in [0.25, 0.3) is 0 Å². The van der Waals surface area contributed by atoms with Gasteiger partial charge in [0.05, 0.1) is 10.0 Å². The van der Waals surface area contributed by atoms with E-state index in [1.165, 1.54) is 0 Å². The lowest BCUT2D eigenvalue weighted by Crippen LogP contribution is -2.42. The Hall–Kier alpha value is 0.150. The first-order valence-electron chi connectivity index (χ1n) is 5.29. The lowest BCUT2D eigenvalue weighted by atomic mass is 10.3. The number of benzene rings is 1. The molecule has 1 fully saturated rings. The summed E-state index contributed by atoms with van der Waals surface area (Å²) < 4.78 is 0. The van der Waals surface area contributed by atoms with Gasteiger partial charge in [0.25, 0.3) is 0 Å². The van der Waals surface area contributed by atoms with E-state index in [2.05, 4.69) is 9.89 Å². The fourth-order valence-corrected chi connectivity index (χ4v) is 2.96. The van der Waals surface area contributed by atoms with Crippen LogP contribution in [0, 0.1) is 0 Å². The van der Waals surface area contributed by atoms with E-state index in [0.29, 0.717) is 21.7 Å². The summed E-state index contributed by atoms with van der Waals surface area (Å²) in [5.41, 5.74) is 6.52. The Kier molecular flexibility index (Phi) is 6.90. The first-order valence-corrected chi connectivity index (χ1v) is 7.20. The summed E-state index contributed by atoms with van der Waals surface area (Å²) in [4.78, 5) is 6.38. The van der Waals surface area contributed by atoms with Crippen molar-refractivity contribution in [2.75, 3.05) is 24.6 Å². The molecule has 0 aliphatic carbocycles. The Labute approximate surface area is 138 Å². The maximum atomic E-state index is 6.04. The van der Waals surface area contributed by atoms with Crippen molar-refractivity contribution >= 4 is 70.6 Å². The summed E-state index contributed by atoms with van der Waals surface area (Å²) >= 11 is 14.0. The first kappa shape index (κ1) is 16.2. The summed E-state index contributed by atoms with van der Waals surface area (Å²) in [5, 5.41) is 1.04. The molecule has 2 N–H and O–H groups in total. The monoisotopic (exact) mass is 417 g/mol. The molecule has 1 heterocycles. The van der Waals surface area contributed by atoms with E-state index >= 15 is 0 Å². The van der Waals surface area contributed by atoms with Crippen LogP contribution in [0.1, 0.15) is 0 Å². The minimum Gasteiger partial charge on any atom is -0.369 e. The molecule has 100 valence electrons. The van der Waals surface area contributed by atoms with Crippen molar-refractivity contribution in [3.05, 3.63) is 28.2 Å². The number of thioether (sulfide) groups is 1. The van der Waals surface area contributed by atoms with Crippen molar-refractivity contribution in [1.29, 1.82) is 0 Å². The van der Waals surface area contributed by atoms with Gasteiger partial charge in [-0.1, -0.05) is 29.3 Å². The number of para-hydroxylation sites is 1. The van der Waals surface area contributed by atoms with Crippen LogP contribution in [0.15, 0.2) is 23.2 Å². The van der Waals surface area contributed by atoms with Gasteiger partial charge in [0, 0.05) is 24.6 Å².